The number of hydrogen-bond donors (Lipinski definition) is 3. The lowest BCUT2D eigenvalue weighted by Crippen LogP contribution is -2.50. The maximum absolute atomic E-state index is 14.8. The predicted molar refractivity (Wildman–Crippen MR) is 165 cm³/mol. The van der Waals surface area contributed by atoms with Gasteiger partial charge in [-0.1, -0.05) is 12.2 Å². The summed E-state index contributed by atoms with van der Waals surface area (Å²) >= 11 is 0. The molecule has 0 aromatic carbocycles. The molecule has 2 amide bonds. The predicted octanol–water partition coefficient (Wildman–Crippen LogP) is 2.88. The van der Waals surface area contributed by atoms with Crippen molar-refractivity contribution in [1.82, 2.24) is 40.2 Å². The van der Waals surface area contributed by atoms with E-state index in [9.17, 15) is 14.0 Å². The number of ether oxygens (including phenoxy) is 2. The number of fused-ring (bicyclic) bond motifs is 1. The van der Waals surface area contributed by atoms with Crippen LogP contribution in [0.1, 0.15) is 39.3 Å². The third-order valence-corrected chi connectivity index (χ3v) is 8.39. The molecular weight excluding hydrogens is 581 g/mol. The van der Waals surface area contributed by atoms with Crippen molar-refractivity contribution in [3.8, 4) is 5.88 Å². The molecule has 45 heavy (non-hydrogen) atoms. The number of hydrogen-bond acceptors (Lipinski definition) is 10. The summed E-state index contributed by atoms with van der Waals surface area (Å²) in [7, 11) is 3.35. The van der Waals surface area contributed by atoms with Crippen molar-refractivity contribution in [2.45, 2.75) is 63.5 Å². The Kier molecular flexibility index (Phi) is 8.25. The number of nitrogens with one attached hydrogen (secondary N) is 3. The molecule has 0 saturated carbocycles. The first-order valence-electron chi connectivity index (χ1n) is 15.2. The second-order valence-electron chi connectivity index (χ2n) is 12.8. The molecule has 13 nitrogen and oxygen atoms in total. The maximum Gasteiger partial charge on any atom is 0.410 e. The summed E-state index contributed by atoms with van der Waals surface area (Å²) in [5.74, 6) is 0.487. The van der Waals surface area contributed by atoms with E-state index in [1.807, 2.05) is 50.1 Å². The molecular formula is C31H40FN9O4. The standard InChI is InChI=1S/C31H40FN9O4/c1-31(2,3)45-30(43)40-12-10-19(16-40)41-15-18(32)13-25(41)27(42)35-23-8-6-7-20-21(14-34-26(20)23)22-9-11-33-29(36-22)37-24-17-39(4)38-28(24)44-5/h6-9,11,14,17-20,25-26,34H,10,12-13,15-16H2,1-5H3,(H,35,42)(H,33,36,37)/t18-,19?,20?,25+,26?/m0/s1. The van der Waals surface area contributed by atoms with Gasteiger partial charge in [0, 0.05) is 68.7 Å². The van der Waals surface area contributed by atoms with E-state index in [1.54, 1.807) is 36.1 Å². The number of carbonyl (C=O) groups is 2. The Hall–Kier alpha value is -4.46. The molecule has 2 aromatic rings. The molecule has 1 aliphatic carbocycles. The summed E-state index contributed by atoms with van der Waals surface area (Å²) in [4.78, 5) is 38.9. The average Bonchev–Trinajstić information content (AvgIpc) is 3.78. The van der Waals surface area contributed by atoms with Crippen molar-refractivity contribution in [3.63, 3.8) is 0 Å². The minimum absolute atomic E-state index is 0.0909. The lowest BCUT2D eigenvalue weighted by atomic mass is 9.87. The molecule has 2 aromatic heterocycles. The SMILES string of the molecule is COc1nn(C)cc1Nc1nccc(C2=CNC3C(NC(=O)[C@H]4C[C@H](F)CN4C4CCN(C(=O)OC(C)(C)C)C4)=CC=CC23)n1. The van der Waals surface area contributed by atoms with Crippen LogP contribution in [0.25, 0.3) is 5.57 Å². The van der Waals surface area contributed by atoms with E-state index < -0.39 is 17.8 Å². The number of alkyl halides is 1. The summed E-state index contributed by atoms with van der Waals surface area (Å²) in [6, 6.07) is 0.866. The van der Waals surface area contributed by atoms with Gasteiger partial charge >= 0.3 is 6.09 Å². The highest BCUT2D eigenvalue weighted by Gasteiger charge is 2.44. The van der Waals surface area contributed by atoms with Crippen LogP contribution in [-0.4, -0.2) is 98.2 Å². The molecule has 5 atom stereocenters. The van der Waals surface area contributed by atoms with Crippen LogP contribution in [0.5, 0.6) is 5.88 Å². The second-order valence-corrected chi connectivity index (χ2v) is 12.8. The number of halogens is 1. The van der Waals surface area contributed by atoms with E-state index in [4.69, 9.17) is 14.5 Å². The minimum atomic E-state index is -1.12. The van der Waals surface area contributed by atoms with Crippen LogP contribution >= 0.6 is 0 Å². The van der Waals surface area contributed by atoms with Crippen LogP contribution in [0.15, 0.2) is 48.6 Å². The molecule has 2 fully saturated rings. The maximum atomic E-state index is 14.8. The summed E-state index contributed by atoms with van der Waals surface area (Å²) in [5.41, 5.74) is 2.42. The summed E-state index contributed by atoms with van der Waals surface area (Å²) in [6.45, 7) is 6.56. The van der Waals surface area contributed by atoms with E-state index in [1.165, 1.54) is 0 Å². The van der Waals surface area contributed by atoms with Gasteiger partial charge in [0.1, 0.15) is 17.5 Å². The number of nitrogens with zero attached hydrogens (tertiary/aromatic N) is 6. The number of likely N-dealkylation sites (tertiary alicyclic amines) is 2. The topological polar surface area (TPSA) is 139 Å². The second kappa shape index (κ2) is 12.1. The first-order valence-corrected chi connectivity index (χ1v) is 15.2. The number of rotatable bonds is 7. The number of allylic oxidation sites excluding steroid dienone is 2. The van der Waals surface area contributed by atoms with E-state index in [2.05, 4.69) is 32.1 Å². The van der Waals surface area contributed by atoms with Crippen LogP contribution in [-0.2, 0) is 16.6 Å². The Morgan fingerprint density at radius 2 is 2.04 bits per heavy atom. The molecule has 4 aliphatic rings. The van der Waals surface area contributed by atoms with E-state index in [-0.39, 0.29) is 43.0 Å². The van der Waals surface area contributed by atoms with Gasteiger partial charge < -0.3 is 30.3 Å². The van der Waals surface area contributed by atoms with Gasteiger partial charge in [-0.25, -0.2) is 19.2 Å². The first kappa shape index (κ1) is 30.6. The molecule has 6 rings (SSSR count). The molecule has 2 saturated heterocycles. The number of anilines is 2. The summed E-state index contributed by atoms with van der Waals surface area (Å²) in [6.07, 6.45) is 10.5. The smallest absolute Gasteiger partial charge is 0.410 e. The van der Waals surface area contributed by atoms with Crippen molar-refractivity contribution in [1.29, 1.82) is 0 Å². The first-order chi connectivity index (χ1) is 21.5. The van der Waals surface area contributed by atoms with Gasteiger partial charge in [-0.2, -0.15) is 0 Å². The molecule has 5 heterocycles. The zero-order valence-electron chi connectivity index (χ0n) is 26.2. The third kappa shape index (κ3) is 6.51. The van der Waals surface area contributed by atoms with Crippen molar-refractivity contribution in [2.24, 2.45) is 13.0 Å². The highest BCUT2D eigenvalue weighted by atomic mass is 19.1. The van der Waals surface area contributed by atoms with Gasteiger partial charge in [-0.15, -0.1) is 5.10 Å². The van der Waals surface area contributed by atoms with Gasteiger partial charge in [0.2, 0.25) is 11.9 Å². The molecule has 14 heteroatoms. The summed E-state index contributed by atoms with van der Waals surface area (Å²) in [5, 5.41) is 13.9. The molecule has 3 N–H and O–H groups in total. The fraction of sp³-hybridized carbons (Fsp3) is 0.516. The van der Waals surface area contributed by atoms with Gasteiger partial charge in [0.05, 0.1) is 31.1 Å². The Bertz CT molecular complexity index is 1550. The Labute approximate surface area is 261 Å². The lowest BCUT2D eigenvalue weighted by molar-refractivity contribution is -0.125. The molecule has 240 valence electrons. The fourth-order valence-electron chi connectivity index (χ4n) is 6.41. The zero-order chi connectivity index (χ0) is 31.9. The average molecular weight is 622 g/mol. The number of methoxy groups -OCH3 is 1. The van der Waals surface area contributed by atoms with Crippen LogP contribution in [0.4, 0.5) is 20.8 Å². The normalized spacial score (nSPS) is 26.2. The van der Waals surface area contributed by atoms with Crippen LogP contribution in [0.3, 0.4) is 0 Å². The number of amides is 2. The fourth-order valence-corrected chi connectivity index (χ4v) is 6.41. The largest absolute Gasteiger partial charge is 0.478 e. The third-order valence-electron chi connectivity index (χ3n) is 8.39. The van der Waals surface area contributed by atoms with Gasteiger partial charge in [-0.3, -0.25) is 14.4 Å². The number of carbonyl (C=O) groups excluding carboxylic acids is 2. The molecule has 0 spiro atoms. The van der Waals surface area contributed by atoms with E-state index in [0.717, 1.165) is 11.3 Å². The Balaban J connectivity index is 1.10. The Morgan fingerprint density at radius 3 is 2.82 bits per heavy atom. The number of aryl methyl sites for hydroxylation is 1. The molecule has 0 bridgehead atoms. The minimum Gasteiger partial charge on any atom is -0.478 e. The van der Waals surface area contributed by atoms with E-state index >= 15 is 0 Å². The molecule has 3 aliphatic heterocycles. The molecule has 0 radical (unpaired) electrons. The lowest BCUT2D eigenvalue weighted by Gasteiger charge is -2.31. The van der Waals surface area contributed by atoms with Gasteiger partial charge in [-0.05, 0) is 39.3 Å². The number of aromatic nitrogens is 4. The zero-order valence-corrected chi connectivity index (χ0v) is 26.2. The van der Waals surface area contributed by atoms with Crippen LogP contribution in [0.2, 0.25) is 0 Å². The monoisotopic (exact) mass is 621 g/mol. The van der Waals surface area contributed by atoms with Crippen LogP contribution < -0.4 is 20.7 Å². The Morgan fingerprint density at radius 1 is 1.22 bits per heavy atom. The van der Waals surface area contributed by atoms with Gasteiger partial charge in [0.15, 0.2) is 0 Å². The summed E-state index contributed by atoms with van der Waals surface area (Å²) < 4.78 is 27.2. The highest BCUT2D eigenvalue weighted by Crippen LogP contribution is 2.36. The van der Waals surface area contributed by atoms with Crippen molar-refractivity contribution >= 4 is 29.2 Å². The molecule has 3 unspecified atom stereocenters. The van der Waals surface area contributed by atoms with Crippen molar-refractivity contribution in [3.05, 3.63) is 54.3 Å². The van der Waals surface area contributed by atoms with Gasteiger partial charge in [0.25, 0.3) is 5.88 Å². The van der Waals surface area contributed by atoms with Crippen molar-refractivity contribution < 1.29 is 23.5 Å². The van der Waals surface area contributed by atoms with Crippen LogP contribution in [0, 0.1) is 5.92 Å². The van der Waals surface area contributed by atoms with Crippen molar-refractivity contribution in [2.75, 3.05) is 32.1 Å². The quantitative estimate of drug-likeness (QED) is 0.423. The van der Waals surface area contributed by atoms with E-state index in [0.29, 0.717) is 42.7 Å². The highest BCUT2D eigenvalue weighted by molar-refractivity contribution is 5.85.